The molecule has 2 aliphatic rings. The number of hydrogen-bond donors (Lipinski definition) is 3. The van der Waals surface area contributed by atoms with Crippen molar-refractivity contribution in [2.75, 3.05) is 103 Å². The highest BCUT2D eigenvalue weighted by Gasteiger charge is 2.40. The molecule has 2 amide bonds. The molecule has 4 heterocycles. The molecule has 3 atom stereocenters. The third-order valence-electron chi connectivity index (χ3n) is 12.1. The Morgan fingerprint density at radius 3 is 2.31 bits per heavy atom. The molecule has 0 radical (unpaired) electrons. The summed E-state index contributed by atoms with van der Waals surface area (Å²) in [6.07, 6.45) is 6.37. The number of nitrogens with zero attached hydrogens (tertiary/aromatic N) is 4. The second-order valence-corrected chi connectivity index (χ2v) is 18.1. The van der Waals surface area contributed by atoms with E-state index in [2.05, 4.69) is 58.7 Å². The molecule has 0 bridgehead atoms. The summed E-state index contributed by atoms with van der Waals surface area (Å²) in [5.41, 5.74) is 7.13. The second-order valence-electron chi connectivity index (χ2n) is 18.1. The quantitative estimate of drug-likeness (QED) is 0.0584. The van der Waals surface area contributed by atoms with Gasteiger partial charge in [-0.2, -0.15) is 0 Å². The molecule has 3 aromatic carbocycles. The van der Waals surface area contributed by atoms with Crippen LogP contribution >= 0.6 is 0 Å². The fourth-order valence-electron chi connectivity index (χ4n) is 8.66. The van der Waals surface area contributed by atoms with Crippen LogP contribution < -0.4 is 25.6 Å². The number of halogens is 1. The van der Waals surface area contributed by atoms with Crippen LogP contribution in [0.3, 0.4) is 0 Å². The van der Waals surface area contributed by atoms with Crippen molar-refractivity contribution < 1.29 is 37.7 Å². The molecule has 0 aliphatic carbocycles. The molecular formula is C53H66FN7O7. The number of piperazine rings is 1. The number of amides is 2. The molecule has 7 rings (SSSR count). The first kappa shape index (κ1) is 50.2. The maximum Gasteiger partial charge on any atom is 0.241 e. The minimum Gasteiger partial charge on any atom is -0.491 e. The summed E-state index contributed by atoms with van der Waals surface area (Å²) >= 11 is 0. The van der Waals surface area contributed by atoms with Gasteiger partial charge in [0.05, 0.1) is 70.2 Å². The zero-order valence-corrected chi connectivity index (χ0v) is 39.8. The molecule has 5 aromatic rings. The number of ether oxygens (including phenoxy) is 5. The number of methoxy groups -OCH3 is 1. The van der Waals surface area contributed by atoms with Crippen molar-refractivity contribution in [1.29, 1.82) is 0 Å². The molecule has 362 valence electrons. The summed E-state index contributed by atoms with van der Waals surface area (Å²) in [5, 5.41) is 9.77. The fourth-order valence-corrected chi connectivity index (χ4v) is 8.66. The predicted octanol–water partition coefficient (Wildman–Crippen LogP) is 6.07. The summed E-state index contributed by atoms with van der Waals surface area (Å²) in [5.74, 6) is 0.266. The summed E-state index contributed by atoms with van der Waals surface area (Å²) in [6, 6.07) is 27.7. The Morgan fingerprint density at radius 1 is 0.853 bits per heavy atom. The van der Waals surface area contributed by atoms with Crippen LogP contribution in [-0.2, 0) is 46.8 Å². The van der Waals surface area contributed by atoms with Crippen molar-refractivity contribution in [1.82, 2.24) is 25.5 Å². The van der Waals surface area contributed by atoms with Gasteiger partial charge in [0.25, 0.3) is 0 Å². The van der Waals surface area contributed by atoms with Crippen LogP contribution in [0.1, 0.15) is 43.2 Å². The number of aromatic nitrogens is 2. The number of nitrogens with one attached hydrogen (secondary N) is 3. The molecule has 14 nitrogen and oxygen atoms in total. The molecule has 1 saturated heterocycles. The van der Waals surface area contributed by atoms with Crippen molar-refractivity contribution in [2.45, 2.75) is 57.2 Å². The molecule has 1 fully saturated rings. The summed E-state index contributed by atoms with van der Waals surface area (Å²) in [4.78, 5) is 40.4. The minimum absolute atomic E-state index is 0.0833. The topological polar surface area (TPSA) is 149 Å². The maximum atomic E-state index is 14.0. The van der Waals surface area contributed by atoms with Crippen LogP contribution in [0, 0.1) is 5.82 Å². The first-order valence-corrected chi connectivity index (χ1v) is 23.5. The highest BCUT2D eigenvalue weighted by molar-refractivity contribution is 5.97. The van der Waals surface area contributed by atoms with Crippen molar-refractivity contribution in [3.05, 3.63) is 138 Å². The highest BCUT2D eigenvalue weighted by atomic mass is 19.1. The van der Waals surface area contributed by atoms with Crippen LogP contribution in [0.4, 0.5) is 15.8 Å². The summed E-state index contributed by atoms with van der Waals surface area (Å²) in [6.45, 7) is 12.7. The van der Waals surface area contributed by atoms with Gasteiger partial charge in [0.1, 0.15) is 18.2 Å². The lowest BCUT2D eigenvalue weighted by molar-refractivity contribution is -0.121. The van der Waals surface area contributed by atoms with E-state index >= 15 is 0 Å². The lowest BCUT2D eigenvalue weighted by atomic mass is 9.91. The van der Waals surface area contributed by atoms with E-state index in [1.54, 1.807) is 25.6 Å². The number of benzene rings is 3. The van der Waals surface area contributed by atoms with E-state index in [1.165, 1.54) is 12.1 Å². The molecule has 15 heteroatoms. The lowest BCUT2D eigenvalue weighted by Crippen LogP contribution is -2.59. The third kappa shape index (κ3) is 14.7. The van der Waals surface area contributed by atoms with E-state index in [1.807, 2.05) is 71.8 Å². The maximum absolute atomic E-state index is 14.0. The number of carbonyl (C=O) groups is 2. The Labute approximate surface area is 399 Å². The van der Waals surface area contributed by atoms with Crippen LogP contribution in [0.25, 0.3) is 11.1 Å². The van der Waals surface area contributed by atoms with Gasteiger partial charge in [0.15, 0.2) is 0 Å². The standard InChI is InChI=1S/C53H66FN7O7/c1-38-34-60(46(33-57-38)36-64-4)35-50(62)61-37-53(2,3)51-49(61)31-41(32-58-51)27-39-8-6-10-47(29-39)68-26-25-67-24-23-66-22-21-65-20-19-56-48(30-40-7-5-9-44(54)28-40)52(63)59-45-13-11-42(12-14-45)43-15-17-55-18-16-43/h5-18,28-29,31-32,38,46,48,56-57H,19-27,30,33-37H2,1-4H3,(H,59,63)/t38-,46-,48-/m1/s1. The Balaban J connectivity index is 0.775. The second kappa shape index (κ2) is 25.1. The van der Waals surface area contributed by atoms with E-state index in [9.17, 15) is 14.0 Å². The van der Waals surface area contributed by atoms with Crippen LogP contribution in [0.5, 0.6) is 5.75 Å². The molecule has 0 spiro atoms. The van der Waals surface area contributed by atoms with E-state index in [0.717, 1.165) is 52.5 Å². The van der Waals surface area contributed by atoms with Gasteiger partial charge in [-0.05, 0) is 102 Å². The number of carbonyl (C=O) groups excluding carboxylic acids is 2. The molecule has 0 unspecified atom stereocenters. The number of pyridine rings is 2. The molecule has 2 aliphatic heterocycles. The molecule has 68 heavy (non-hydrogen) atoms. The fraction of sp³-hybridized carbons (Fsp3) is 0.434. The van der Waals surface area contributed by atoms with Gasteiger partial charge in [-0.1, -0.05) is 50.2 Å². The van der Waals surface area contributed by atoms with Gasteiger partial charge in [-0.15, -0.1) is 0 Å². The van der Waals surface area contributed by atoms with Gasteiger partial charge in [-0.25, -0.2) is 4.39 Å². The Morgan fingerprint density at radius 2 is 1.56 bits per heavy atom. The molecular weight excluding hydrogens is 866 g/mol. The van der Waals surface area contributed by atoms with Gasteiger partial charge >= 0.3 is 0 Å². The SMILES string of the molecule is COC[C@H]1CN[C@H](C)CN1CC(=O)N1CC(C)(C)c2ncc(Cc3cccc(OCCOCCOCCOCCN[C@H](Cc4cccc(F)c4)C(=O)Nc4ccc(-c5ccncc5)cc4)c3)cc21. The molecule has 2 aromatic heterocycles. The predicted molar refractivity (Wildman–Crippen MR) is 262 cm³/mol. The Bertz CT molecular complexity index is 2370. The lowest BCUT2D eigenvalue weighted by Gasteiger charge is -2.39. The van der Waals surface area contributed by atoms with E-state index < -0.39 is 6.04 Å². The zero-order chi connectivity index (χ0) is 47.7. The van der Waals surface area contributed by atoms with E-state index in [0.29, 0.717) is 103 Å². The smallest absolute Gasteiger partial charge is 0.241 e. The summed E-state index contributed by atoms with van der Waals surface area (Å²) < 4.78 is 42.7. The first-order chi connectivity index (χ1) is 33.0. The van der Waals surface area contributed by atoms with Gasteiger partial charge in [-0.3, -0.25) is 24.5 Å². The summed E-state index contributed by atoms with van der Waals surface area (Å²) in [7, 11) is 1.71. The van der Waals surface area contributed by atoms with Crippen LogP contribution in [0.15, 0.2) is 110 Å². The van der Waals surface area contributed by atoms with Gasteiger partial charge < -0.3 is 44.5 Å². The highest BCUT2D eigenvalue weighted by Crippen LogP contribution is 2.40. The van der Waals surface area contributed by atoms with Crippen LogP contribution in [-0.4, -0.2) is 137 Å². The zero-order valence-electron chi connectivity index (χ0n) is 39.8. The molecule has 3 N–H and O–H groups in total. The third-order valence-corrected chi connectivity index (χ3v) is 12.1. The van der Waals surface area contributed by atoms with Crippen molar-refractivity contribution in [2.24, 2.45) is 0 Å². The van der Waals surface area contributed by atoms with Crippen LogP contribution in [0.2, 0.25) is 0 Å². The number of hydrogen-bond acceptors (Lipinski definition) is 12. The monoisotopic (exact) mass is 932 g/mol. The Hall–Kier alpha value is -5.65. The average molecular weight is 932 g/mol. The van der Waals surface area contributed by atoms with Gasteiger partial charge in [0.2, 0.25) is 11.8 Å². The van der Waals surface area contributed by atoms with E-state index in [-0.39, 0.29) is 29.1 Å². The first-order valence-electron chi connectivity index (χ1n) is 23.5. The largest absolute Gasteiger partial charge is 0.491 e. The van der Waals surface area contributed by atoms with Crippen molar-refractivity contribution in [3.8, 4) is 16.9 Å². The molecule has 0 saturated carbocycles. The number of rotatable bonds is 25. The normalized spacial score (nSPS) is 17.2. The van der Waals surface area contributed by atoms with Crippen molar-refractivity contribution >= 4 is 23.2 Å². The average Bonchev–Trinajstić information content (AvgIpc) is 3.61. The van der Waals surface area contributed by atoms with E-state index in [4.69, 9.17) is 28.7 Å². The number of anilines is 2. The minimum atomic E-state index is -0.610. The number of fused-ring (bicyclic) bond motifs is 1. The Kier molecular flexibility index (Phi) is 18.5. The van der Waals surface area contributed by atoms with Gasteiger partial charge in [0, 0.05) is 75.1 Å². The van der Waals surface area contributed by atoms with Crippen molar-refractivity contribution in [3.63, 3.8) is 0 Å².